The van der Waals surface area contributed by atoms with Crippen molar-refractivity contribution in [3.05, 3.63) is 73.1 Å². The number of carbonyl (C=O) groups excluding carboxylic acids is 1. The smallest absolute Gasteiger partial charge is 0.247 e. The standard InChI is InChI=1S/C19H20N4O3S/c1-15(23(27(2,25)26)17-9-4-3-5-10-17)19(24)21-16-8-6-11-18(14-16)22-13-7-12-20-22/h3-15H,1-2H3,(H,21,24). The van der Waals surface area contributed by atoms with Gasteiger partial charge in [0.15, 0.2) is 0 Å². The molecule has 1 amide bonds. The molecule has 0 aliphatic heterocycles. The molecule has 3 rings (SSSR count). The summed E-state index contributed by atoms with van der Waals surface area (Å²) < 4.78 is 27.3. The maximum Gasteiger partial charge on any atom is 0.247 e. The normalized spacial score (nSPS) is 12.4. The highest BCUT2D eigenvalue weighted by molar-refractivity contribution is 7.92. The van der Waals surface area contributed by atoms with Gasteiger partial charge >= 0.3 is 0 Å². The van der Waals surface area contributed by atoms with E-state index in [0.717, 1.165) is 16.2 Å². The van der Waals surface area contributed by atoms with Crippen LogP contribution >= 0.6 is 0 Å². The van der Waals surface area contributed by atoms with Crippen LogP contribution in [0.5, 0.6) is 0 Å². The molecule has 0 fully saturated rings. The van der Waals surface area contributed by atoms with Crippen molar-refractivity contribution in [3.63, 3.8) is 0 Å². The second-order valence-electron chi connectivity index (χ2n) is 6.06. The number of nitrogens with one attached hydrogen (secondary N) is 1. The molecule has 7 nitrogen and oxygen atoms in total. The van der Waals surface area contributed by atoms with E-state index >= 15 is 0 Å². The zero-order chi connectivity index (χ0) is 19.4. The van der Waals surface area contributed by atoms with Gasteiger partial charge in [0, 0.05) is 18.1 Å². The van der Waals surface area contributed by atoms with Crippen LogP contribution in [0.1, 0.15) is 6.92 Å². The second-order valence-corrected chi connectivity index (χ2v) is 7.92. The Hall–Kier alpha value is -3.13. The van der Waals surface area contributed by atoms with Gasteiger partial charge in [-0.15, -0.1) is 0 Å². The summed E-state index contributed by atoms with van der Waals surface area (Å²) in [5, 5.41) is 6.94. The van der Waals surface area contributed by atoms with Crippen LogP contribution in [0, 0.1) is 0 Å². The average Bonchev–Trinajstić information content (AvgIpc) is 3.16. The summed E-state index contributed by atoms with van der Waals surface area (Å²) in [7, 11) is -3.64. The number of nitrogens with zero attached hydrogens (tertiary/aromatic N) is 3. The quantitative estimate of drug-likeness (QED) is 0.708. The van der Waals surface area contributed by atoms with E-state index in [-0.39, 0.29) is 0 Å². The summed E-state index contributed by atoms with van der Waals surface area (Å²) >= 11 is 0. The third-order valence-corrected chi connectivity index (χ3v) is 5.22. The van der Waals surface area contributed by atoms with Crippen molar-refractivity contribution >= 4 is 27.3 Å². The summed E-state index contributed by atoms with van der Waals surface area (Å²) in [4.78, 5) is 12.7. The minimum absolute atomic E-state index is 0.429. The van der Waals surface area contributed by atoms with E-state index in [1.807, 2.05) is 6.07 Å². The van der Waals surface area contributed by atoms with Crippen LogP contribution in [-0.2, 0) is 14.8 Å². The Bertz CT molecular complexity index is 1020. The Morgan fingerprint density at radius 2 is 1.85 bits per heavy atom. The molecule has 0 bridgehead atoms. The van der Waals surface area contributed by atoms with Crippen molar-refractivity contribution in [1.29, 1.82) is 0 Å². The van der Waals surface area contributed by atoms with E-state index in [1.165, 1.54) is 0 Å². The van der Waals surface area contributed by atoms with Gasteiger partial charge in [-0.05, 0) is 43.3 Å². The highest BCUT2D eigenvalue weighted by Gasteiger charge is 2.29. The first-order valence-corrected chi connectivity index (χ1v) is 10.2. The molecule has 140 valence electrons. The van der Waals surface area contributed by atoms with Gasteiger partial charge in [-0.25, -0.2) is 13.1 Å². The molecule has 8 heteroatoms. The summed E-state index contributed by atoms with van der Waals surface area (Å²) in [5.41, 5.74) is 1.78. The Morgan fingerprint density at radius 1 is 1.11 bits per heavy atom. The third kappa shape index (κ3) is 4.35. The van der Waals surface area contributed by atoms with Crippen molar-refractivity contribution in [2.45, 2.75) is 13.0 Å². The molecule has 0 aliphatic carbocycles. The van der Waals surface area contributed by atoms with Crippen molar-refractivity contribution in [1.82, 2.24) is 9.78 Å². The highest BCUT2D eigenvalue weighted by atomic mass is 32.2. The number of rotatable bonds is 6. The second kappa shape index (κ2) is 7.63. The van der Waals surface area contributed by atoms with E-state index in [4.69, 9.17) is 0 Å². The lowest BCUT2D eigenvalue weighted by molar-refractivity contribution is -0.116. The van der Waals surface area contributed by atoms with Crippen molar-refractivity contribution in [3.8, 4) is 5.69 Å². The van der Waals surface area contributed by atoms with Crippen LogP contribution in [0.25, 0.3) is 5.69 Å². The number of anilines is 2. The lowest BCUT2D eigenvalue weighted by Crippen LogP contribution is -2.45. The minimum atomic E-state index is -3.64. The average molecular weight is 384 g/mol. The number of aromatic nitrogens is 2. The lowest BCUT2D eigenvalue weighted by Gasteiger charge is -2.28. The molecular formula is C19H20N4O3S. The van der Waals surface area contributed by atoms with E-state index in [1.54, 1.807) is 78.6 Å². The molecule has 1 aromatic heterocycles. The summed E-state index contributed by atoms with van der Waals surface area (Å²) in [6.07, 6.45) is 4.55. The van der Waals surface area contributed by atoms with Gasteiger partial charge in [0.2, 0.25) is 15.9 Å². The van der Waals surface area contributed by atoms with Crippen LogP contribution < -0.4 is 9.62 Å². The van der Waals surface area contributed by atoms with Crippen molar-refractivity contribution in [2.75, 3.05) is 15.9 Å². The number of para-hydroxylation sites is 1. The number of hydrogen-bond donors (Lipinski definition) is 1. The maximum atomic E-state index is 12.7. The van der Waals surface area contributed by atoms with E-state index in [0.29, 0.717) is 11.4 Å². The molecule has 1 atom stereocenters. The zero-order valence-electron chi connectivity index (χ0n) is 15.0. The molecule has 1 unspecified atom stereocenters. The molecule has 1 heterocycles. The number of sulfonamides is 1. The predicted molar refractivity (Wildman–Crippen MR) is 105 cm³/mol. The van der Waals surface area contributed by atoms with Gasteiger partial charge in [0.25, 0.3) is 0 Å². The topological polar surface area (TPSA) is 84.3 Å². The van der Waals surface area contributed by atoms with Gasteiger partial charge < -0.3 is 5.32 Å². The first-order valence-electron chi connectivity index (χ1n) is 8.31. The van der Waals surface area contributed by atoms with Crippen molar-refractivity contribution < 1.29 is 13.2 Å². The first-order chi connectivity index (χ1) is 12.9. The summed E-state index contributed by atoms with van der Waals surface area (Å²) in [6.45, 7) is 1.56. The van der Waals surface area contributed by atoms with Crippen molar-refractivity contribution in [2.24, 2.45) is 0 Å². The van der Waals surface area contributed by atoms with E-state index in [2.05, 4.69) is 10.4 Å². The fourth-order valence-electron chi connectivity index (χ4n) is 2.78. The van der Waals surface area contributed by atoms with Gasteiger partial charge in [0.05, 0.1) is 17.6 Å². The third-order valence-electron chi connectivity index (χ3n) is 3.98. The molecule has 2 aromatic carbocycles. The minimum Gasteiger partial charge on any atom is -0.324 e. The molecule has 0 spiro atoms. The van der Waals surface area contributed by atoms with Gasteiger partial charge in [-0.3, -0.25) is 9.10 Å². The van der Waals surface area contributed by atoms with Crippen LogP contribution in [-0.4, -0.2) is 36.4 Å². The fraction of sp³-hybridized carbons (Fsp3) is 0.158. The van der Waals surface area contributed by atoms with Gasteiger partial charge in [0.1, 0.15) is 6.04 Å². The predicted octanol–water partition coefficient (Wildman–Crippen LogP) is 2.67. The molecule has 0 aliphatic rings. The molecule has 0 saturated heterocycles. The lowest BCUT2D eigenvalue weighted by atomic mass is 10.2. The van der Waals surface area contributed by atoms with E-state index in [9.17, 15) is 13.2 Å². The Labute approximate surface area is 158 Å². The first kappa shape index (κ1) is 18.7. The molecule has 0 saturated carbocycles. The SMILES string of the molecule is CC(C(=O)Nc1cccc(-n2cccn2)c1)N(c1ccccc1)S(C)(=O)=O. The van der Waals surface area contributed by atoms with Crippen LogP contribution in [0.15, 0.2) is 73.1 Å². The molecule has 1 N–H and O–H groups in total. The highest BCUT2D eigenvalue weighted by Crippen LogP contribution is 2.21. The zero-order valence-corrected chi connectivity index (χ0v) is 15.8. The Kier molecular flexibility index (Phi) is 5.27. The van der Waals surface area contributed by atoms with Crippen LogP contribution in [0.4, 0.5) is 11.4 Å². The Balaban J connectivity index is 1.83. The number of amides is 1. The van der Waals surface area contributed by atoms with Gasteiger partial charge in [-0.1, -0.05) is 24.3 Å². The maximum absolute atomic E-state index is 12.7. The Morgan fingerprint density at radius 3 is 2.48 bits per heavy atom. The fourth-order valence-corrected chi connectivity index (χ4v) is 3.95. The number of hydrogen-bond acceptors (Lipinski definition) is 4. The number of benzene rings is 2. The molecule has 3 aromatic rings. The summed E-state index contributed by atoms with van der Waals surface area (Å²) in [6, 6.07) is 16.6. The molecular weight excluding hydrogens is 364 g/mol. The molecule has 27 heavy (non-hydrogen) atoms. The van der Waals surface area contributed by atoms with Crippen LogP contribution in [0.2, 0.25) is 0 Å². The summed E-state index contributed by atoms with van der Waals surface area (Å²) in [5.74, 6) is -0.429. The monoisotopic (exact) mass is 384 g/mol. The van der Waals surface area contributed by atoms with Gasteiger partial charge in [-0.2, -0.15) is 5.10 Å². The largest absolute Gasteiger partial charge is 0.324 e. The molecule has 0 radical (unpaired) electrons. The van der Waals surface area contributed by atoms with Crippen LogP contribution in [0.3, 0.4) is 0 Å². The van der Waals surface area contributed by atoms with E-state index < -0.39 is 22.0 Å². The number of carbonyl (C=O) groups is 1.